The van der Waals surface area contributed by atoms with Gasteiger partial charge in [-0.05, 0) is 68.1 Å². The predicted molar refractivity (Wildman–Crippen MR) is 67.0 cm³/mol. The van der Waals surface area contributed by atoms with Crippen LogP contribution in [-0.2, 0) is 9.59 Å². The molecular weight excluding hydrogens is 228 g/mol. The number of hydrogen-bond donors (Lipinski definition) is 1. The van der Waals surface area contributed by atoms with Gasteiger partial charge in [0.25, 0.3) is 0 Å². The minimum absolute atomic E-state index is 0.301. The van der Waals surface area contributed by atoms with E-state index >= 15 is 0 Å². The number of aliphatic carboxylic acids is 1. The van der Waals surface area contributed by atoms with E-state index in [1.54, 1.807) is 6.92 Å². The number of Topliss-reactive ketones (excluding diaryl/α,β-unsaturated/α-hetero) is 1. The molecule has 0 aromatic heterocycles. The summed E-state index contributed by atoms with van der Waals surface area (Å²) in [7, 11) is 0. The molecule has 100 valence electrons. The predicted octanol–water partition coefficient (Wildman–Crippen LogP) is 2.74. The highest BCUT2D eigenvalue weighted by Crippen LogP contribution is 2.57. The third kappa shape index (κ3) is 1.98. The van der Waals surface area contributed by atoms with Crippen molar-refractivity contribution in [3.63, 3.8) is 0 Å². The Morgan fingerprint density at radius 1 is 1.06 bits per heavy atom. The number of hydrogen-bond acceptors (Lipinski definition) is 2. The van der Waals surface area contributed by atoms with Gasteiger partial charge in [0.05, 0.1) is 0 Å². The summed E-state index contributed by atoms with van der Waals surface area (Å²) < 4.78 is 0. The van der Waals surface area contributed by atoms with Crippen LogP contribution in [0.4, 0.5) is 0 Å². The summed E-state index contributed by atoms with van der Waals surface area (Å²) in [6.45, 7) is 1.79. The van der Waals surface area contributed by atoms with E-state index in [1.807, 2.05) is 0 Å². The highest BCUT2D eigenvalue weighted by Gasteiger charge is 2.48. The molecule has 4 fully saturated rings. The minimum atomic E-state index is -1.26. The molecule has 4 rings (SSSR count). The summed E-state index contributed by atoms with van der Waals surface area (Å²) in [4.78, 5) is 22.2. The molecule has 4 saturated carbocycles. The van der Waals surface area contributed by atoms with Crippen molar-refractivity contribution in [3.05, 3.63) is 0 Å². The molecule has 1 atom stereocenters. The van der Waals surface area contributed by atoms with Crippen LogP contribution >= 0.6 is 0 Å². The fourth-order valence-corrected chi connectivity index (χ4v) is 5.15. The first-order valence-corrected chi connectivity index (χ1v) is 7.31. The SMILES string of the molecule is CC(CC1C2CC3CC(C2)CC1C3)C(=O)C(=O)O. The van der Waals surface area contributed by atoms with Gasteiger partial charge in [-0.25, -0.2) is 4.79 Å². The largest absolute Gasteiger partial charge is 0.475 e. The molecule has 0 spiro atoms. The fourth-order valence-electron chi connectivity index (χ4n) is 5.15. The quantitative estimate of drug-likeness (QED) is 0.780. The van der Waals surface area contributed by atoms with Crippen molar-refractivity contribution in [2.24, 2.45) is 35.5 Å². The molecule has 0 radical (unpaired) electrons. The molecule has 0 amide bonds. The summed E-state index contributed by atoms with van der Waals surface area (Å²) in [6.07, 6.45) is 7.60. The molecule has 4 bridgehead atoms. The van der Waals surface area contributed by atoms with Gasteiger partial charge in [-0.15, -0.1) is 0 Å². The van der Waals surface area contributed by atoms with Crippen molar-refractivity contribution in [3.8, 4) is 0 Å². The summed E-state index contributed by atoms with van der Waals surface area (Å²) in [5.41, 5.74) is 0. The normalized spacial score (nSPS) is 42.8. The van der Waals surface area contributed by atoms with Crippen LogP contribution in [0, 0.1) is 35.5 Å². The van der Waals surface area contributed by atoms with Gasteiger partial charge in [0.1, 0.15) is 0 Å². The van der Waals surface area contributed by atoms with Crippen LogP contribution in [0.25, 0.3) is 0 Å². The van der Waals surface area contributed by atoms with E-state index in [4.69, 9.17) is 5.11 Å². The Morgan fingerprint density at radius 2 is 1.56 bits per heavy atom. The zero-order chi connectivity index (χ0) is 12.9. The molecule has 0 saturated heterocycles. The molecule has 4 aliphatic rings. The third-order valence-electron chi connectivity index (χ3n) is 5.71. The van der Waals surface area contributed by atoms with Crippen molar-refractivity contribution >= 4 is 11.8 Å². The van der Waals surface area contributed by atoms with Gasteiger partial charge in [-0.3, -0.25) is 4.79 Å². The Hall–Kier alpha value is -0.860. The van der Waals surface area contributed by atoms with Crippen LogP contribution in [-0.4, -0.2) is 16.9 Å². The van der Waals surface area contributed by atoms with Crippen LogP contribution in [0.5, 0.6) is 0 Å². The number of carboxylic acids is 1. The van der Waals surface area contributed by atoms with Gasteiger partial charge < -0.3 is 5.11 Å². The van der Waals surface area contributed by atoms with E-state index in [-0.39, 0.29) is 5.92 Å². The first-order chi connectivity index (χ1) is 8.54. The Balaban J connectivity index is 1.67. The molecule has 3 heteroatoms. The Labute approximate surface area is 108 Å². The lowest BCUT2D eigenvalue weighted by molar-refractivity contribution is -0.151. The van der Waals surface area contributed by atoms with Crippen LogP contribution < -0.4 is 0 Å². The lowest BCUT2D eigenvalue weighted by Crippen LogP contribution is -2.46. The topological polar surface area (TPSA) is 54.4 Å². The number of ketones is 1. The Kier molecular flexibility index (Phi) is 2.95. The molecule has 0 heterocycles. The van der Waals surface area contributed by atoms with Gasteiger partial charge in [0, 0.05) is 5.92 Å². The van der Waals surface area contributed by atoms with Crippen molar-refractivity contribution in [1.82, 2.24) is 0 Å². The number of rotatable bonds is 4. The van der Waals surface area contributed by atoms with Crippen LogP contribution in [0.15, 0.2) is 0 Å². The number of carboxylic acid groups (broad SMARTS) is 1. The maximum absolute atomic E-state index is 11.5. The van der Waals surface area contributed by atoms with Crippen molar-refractivity contribution in [2.75, 3.05) is 0 Å². The van der Waals surface area contributed by atoms with Gasteiger partial charge in [0.15, 0.2) is 0 Å². The molecule has 4 aliphatic carbocycles. The lowest BCUT2D eigenvalue weighted by atomic mass is 9.51. The van der Waals surface area contributed by atoms with E-state index in [9.17, 15) is 9.59 Å². The number of carbonyl (C=O) groups is 2. The van der Waals surface area contributed by atoms with Crippen LogP contribution in [0.1, 0.15) is 45.4 Å². The van der Waals surface area contributed by atoms with E-state index in [0.29, 0.717) is 5.92 Å². The fraction of sp³-hybridized carbons (Fsp3) is 0.867. The maximum atomic E-state index is 11.5. The van der Waals surface area contributed by atoms with Crippen molar-refractivity contribution < 1.29 is 14.7 Å². The molecule has 0 aromatic carbocycles. The zero-order valence-corrected chi connectivity index (χ0v) is 11.0. The Morgan fingerprint density at radius 3 is 2.00 bits per heavy atom. The molecule has 0 aliphatic heterocycles. The maximum Gasteiger partial charge on any atom is 0.372 e. The molecular formula is C15H22O3. The molecule has 3 nitrogen and oxygen atoms in total. The standard InChI is InChI=1S/C15H22O3/c1-8(14(16)15(17)18)2-13-11-4-9-3-10(6-11)7-12(13)5-9/h8-13H,2-7H2,1H3,(H,17,18). The zero-order valence-electron chi connectivity index (χ0n) is 11.0. The van der Waals surface area contributed by atoms with Gasteiger partial charge in [-0.2, -0.15) is 0 Å². The summed E-state index contributed by atoms with van der Waals surface area (Å²) >= 11 is 0. The monoisotopic (exact) mass is 250 g/mol. The number of carbonyl (C=O) groups excluding carboxylic acids is 1. The summed E-state index contributed by atoms with van der Waals surface area (Å²) in [5.74, 6) is 1.91. The van der Waals surface area contributed by atoms with Gasteiger partial charge >= 0.3 is 5.97 Å². The second kappa shape index (κ2) is 4.36. The molecule has 1 N–H and O–H groups in total. The van der Waals surface area contributed by atoms with E-state index in [2.05, 4.69) is 0 Å². The highest BCUT2D eigenvalue weighted by atomic mass is 16.4. The van der Waals surface area contributed by atoms with Crippen LogP contribution in [0.2, 0.25) is 0 Å². The van der Waals surface area contributed by atoms with Crippen molar-refractivity contribution in [1.29, 1.82) is 0 Å². The average molecular weight is 250 g/mol. The Bertz CT molecular complexity index is 346. The van der Waals surface area contributed by atoms with Crippen molar-refractivity contribution in [2.45, 2.75) is 45.4 Å². The second-order valence-corrected chi connectivity index (χ2v) is 6.90. The molecule has 0 aromatic rings. The lowest BCUT2D eigenvalue weighted by Gasteiger charge is -2.55. The second-order valence-electron chi connectivity index (χ2n) is 6.90. The minimum Gasteiger partial charge on any atom is -0.475 e. The summed E-state index contributed by atoms with van der Waals surface area (Å²) in [5, 5.41) is 8.78. The average Bonchev–Trinajstić information content (AvgIpc) is 2.31. The summed E-state index contributed by atoms with van der Waals surface area (Å²) in [6, 6.07) is 0. The molecule has 1 unspecified atom stereocenters. The van der Waals surface area contributed by atoms with Crippen LogP contribution in [0.3, 0.4) is 0 Å². The third-order valence-corrected chi connectivity index (χ3v) is 5.71. The first kappa shape index (κ1) is 12.2. The van der Waals surface area contributed by atoms with E-state index < -0.39 is 11.8 Å². The first-order valence-electron chi connectivity index (χ1n) is 7.31. The smallest absolute Gasteiger partial charge is 0.372 e. The highest BCUT2D eigenvalue weighted by molar-refractivity contribution is 6.33. The molecule has 18 heavy (non-hydrogen) atoms. The van der Waals surface area contributed by atoms with E-state index in [0.717, 1.165) is 30.1 Å². The van der Waals surface area contributed by atoms with Gasteiger partial charge in [0.2, 0.25) is 5.78 Å². The van der Waals surface area contributed by atoms with Gasteiger partial charge in [-0.1, -0.05) is 6.92 Å². The van der Waals surface area contributed by atoms with E-state index in [1.165, 1.54) is 32.1 Å².